The first kappa shape index (κ1) is 17.2. The third-order valence-electron chi connectivity index (χ3n) is 3.20. The van der Waals surface area contributed by atoms with E-state index in [1.807, 2.05) is 24.3 Å². The molecule has 0 saturated heterocycles. The van der Waals surface area contributed by atoms with E-state index in [1.54, 1.807) is 26.0 Å². The Labute approximate surface area is 135 Å². The number of anilines is 1. The smallest absolute Gasteiger partial charge is 0.359 e. The maximum absolute atomic E-state index is 13.3. The SMILES string of the molecule is CCOP(=O)(OCC)[C@H](c1ccccc1)n1ncc(C#N)c1N. The van der Waals surface area contributed by atoms with Gasteiger partial charge in [-0.05, 0) is 19.4 Å². The lowest BCUT2D eigenvalue weighted by atomic mass is 10.2. The fraction of sp³-hybridized carbons (Fsp3) is 0.333. The summed E-state index contributed by atoms with van der Waals surface area (Å²) in [4.78, 5) is 0. The average molecular weight is 334 g/mol. The van der Waals surface area contributed by atoms with E-state index >= 15 is 0 Å². The Morgan fingerprint density at radius 1 is 1.30 bits per heavy atom. The molecular formula is C15H19N4O3P. The van der Waals surface area contributed by atoms with Gasteiger partial charge in [0.25, 0.3) is 0 Å². The second-order valence-electron chi connectivity index (χ2n) is 4.66. The van der Waals surface area contributed by atoms with Crippen LogP contribution in [-0.2, 0) is 13.6 Å². The van der Waals surface area contributed by atoms with Gasteiger partial charge in [0.2, 0.25) is 0 Å². The molecule has 0 aliphatic heterocycles. The van der Waals surface area contributed by atoms with Gasteiger partial charge in [-0.2, -0.15) is 10.4 Å². The zero-order valence-electron chi connectivity index (χ0n) is 13.0. The van der Waals surface area contributed by atoms with Crippen LogP contribution in [0.15, 0.2) is 36.5 Å². The summed E-state index contributed by atoms with van der Waals surface area (Å²) < 4.78 is 25.6. The number of benzene rings is 1. The standard InChI is InChI=1S/C15H19N4O3P/c1-3-21-23(20,22-4-2)15(12-8-6-5-7-9-12)19-14(17)13(10-16)11-18-19/h5-9,11,15H,3-4,17H2,1-2H3/t15-/m1/s1. The predicted octanol–water partition coefficient (Wildman–Crippen LogP) is 3.15. The fourth-order valence-electron chi connectivity index (χ4n) is 2.27. The molecule has 1 aromatic heterocycles. The topological polar surface area (TPSA) is 103 Å². The van der Waals surface area contributed by atoms with Crippen LogP contribution in [0.4, 0.5) is 5.82 Å². The van der Waals surface area contributed by atoms with E-state index in [0.29, 0.717) is 5.56 Å². The van der Waals surface area contributed by atoms with Gasteiger partial charge in [0.1, 0.15) is 17.5 Å². The molecule has 1 aromatic carbocycles. The minimum absolute atomic E-state index is 0.126. The molecule has 0 fully saturated rings. The highest BCUT2D eigenvalue weighted by atomic mass is 31.2. The summed E-state index contributed by atoms with van der Waals surface area (Å²) in [7, 11) is -3.59. The molecule has 0 unspecified atom stereocenters. The van der Waals surface area contributed by atoms with Gasteiger partial charge in [-0.1, -0.05) is 30.3 Å². The molecule has 0 aliphatic rings. The van der Waals surface area contributed by atoms with Crippen LogP contribution in [0, 0.1) is 11.3 Å². The number of aromatic nitrogens is 2. The van der Waals surface area contributed by atoms with E-state index in [2.05, 4.69) is 5.10 Å². The van der Waals surface area contributed by atoms with Crippen molar-refractivity contribution in [1.82, 2.24) is 9.78 Å². The highest BCUT2D eigenvalue weighted by molar-refractivity contribution is 7.54. The van der Waals surface area contributed by atoms with Gasteiger partial charge in [0.05, 0.1) is 19.4 Å². The number of hydrogen-bond donors (Lipinski definition) is 1. The van der Waals surface area contributed by atoms with Crippen LogP contribution >= 0.6 is 7.60 Å². The highest BCUT2D eigenvalue weighted by Crippen LogP contribution is 2.61. The summed E-state index contributed by atoms with van der Waals surface area (Å²) in [6.07, 6.45) is 1.34. The molecule has 7 nitrogen and oxygen atoms in total. The molecule has 2 N–H and O–H groups in total. The molecule has 1 heterocycles. The molecule has 0 radical (unpaired) electrons. The van der Waals surface area contributed by atoms with E-state index in [1.165, 1.54) is 10.9 Å². The van der Waals surface area contributed by atoms with Crippen molar-refractivity contribution in [1.29, 1.82) is 5.26 Å². The number of rotatable bonds is 7. The minimum Gasteiger partial charge on any atom is -0.383 e. The third-order valence-corrected chi connectivity index (χ3v) is 5.55. The Balaban J connectivity index is 2.63. The number of nitrogen functional groups attached to an aromatic ring is 1. The molecule has 0 aliphatic carbocycles. The second kappa shape index (κ2) is 7.42. The van der Waals surface area contributed by atoms with Crippen LogP contribution in [-0.4, -0.2) is 23.0 Å². The first-order valence-corrected chi connectivity index (χ1v) is 8.85. The van der Waals surface area contributed by atoms with Crippen molar-refractivity contribution >= 4 is 13.4 Å². The Morgan fingerprint density at radius 2 is 1.91 bits per heavy atom. The Morgan fingerprint density at radius 3 is 2.39 bits per heavy atom. The van der Waals surface area contributed by atoms with E-state index < -0.39 is 13.4 Å². The molecule has 8 heteroatoms. The van der Waals surface area contributed by atoms with Crippen LogP contribution < -0.4 is 5.73 Å². The summed E-state index contributed by atoms with van der Waals surface area (Å²) in [5, 5.41) is 13.2. The van der Waals surface area contributed by atoms with Crippen molar-refractivity contribution < 1.29 is 13.6 Å². The second-order valence-corrected chi connectivity index (χ2v) is 6.74. The molecule has 0 amide bonds. The Hall–Kier alpha value is -2.13. The van der Waals surface area contributed by atoms with Crippen molar-refractivity contribution in [2.75, 3.05) is 18.9 Å². The third kappa shape index (κ3) is 3.45. The maximum atomic E-state index is 13.3. The lowest BCUT2D eigenvalue weighted by Gasteiger charge is -2.27. The zero-order chi connectivity index (χ0) is 16.9. The summed E-state index contributed by atoms with van der Waals surface area (Å²) in [6, 6.07) is 11.0. The van der Waals surface area contributed by atoms with Gasteiger partial charge in [-0.15, -0.1) is 0 Å². The van der Waals surface area contributed by atoms with Crippen LogP contribution in [0.2, 0.25) is 0 Å². The van der Waals surface area contributed by atoms with E-state index in [4.69, 9.17) is 20.0 Å². The number of nitrogens with two attached hydrogens (primary N) is 1. The number of nitriles is 1. The fourth-order valence-corrected chi connectivity index (χ4v) is 4.34. The van der Waals surface area contributed by atoms with Gasteiger partial charge in [0, 0.05) is 0 Å². The maximum Gasteiger partial charge on any atom is 0.359 e. The van der Waals surface area contributed by atoms with Crippen molar-refractivity contribution in [2.45, 2.75) is 19.6 Å². The molecular weight excluding hydrogens is 315 g/mol. The van der Waals surface area contributed by atoms with Gasteiger partial charge in [-0.25, -0.2) is 4.68 Å². The van der Waals surface area contributed by atoms with Crippen LogP contribution in [0.25, 0.3) is 0 Å². The summed E-state index contributed by atoms with van der Waals surface area (Å²) >= 11 is 0. The Kier molecular flexibility index (Phi) is 5.56. The van der Waals surface area contributed by atoms with E-state index in [9.17, 15) is 4.57 Å². The van der Waals surface area contributed by atoms with E-state index in [0.717, 1.165) is 0 Å². The minimum atomic E-state index is -3.59. The number of hydrogen-bond acceptors (Lipinski definition) is 6. The van der Waals surface area contributed by atoms with Crippen LogP contribution in [0.3, 0.4) is 0 Å². The van der Waals surface area contributed by atoms with Gasteiger partial charge >= 0.3 is 7.60 Å². The van der Waals surface area contributed by atoms with Crippen molar-refractivity contribution in [3.8, 4) is 6.07 Å². The van der Waals surface area contributed by atoms with Gasteiger partial charge in [0.15, 0.2) is 5.78 Å². The van der Waals surface area contributed by atoms with Gasteiger partial charge < -0.3 is 14.8 Å². The molecule has 122 valence electrons. The van der Waals surface area contributed by atoms with Crippen molar-refractivity contribution in [2.24, 2.45) is 0 Å². The summed E-state index contributed by atoms with van der Waals surface area (Å²) in [6.45, 7) is 3.90. The highest BCUT2D eigenvalue weighted by Gasteiger charge is 2.40. The van der Waals surface area contributed by atoms with Gasteiger partial charge in [-0.3, -0.25) is 4.57 Å². The predicted molar refractivity (Wildman–Crippen MR) is 86.8 cm³/mol. The zero-order valence-corrected chi connectivity index (χ0v) is 13.9. The molecule has 2 aromatic rings. The van der Waals surface area contributed by atoms with Crippen LogP contribution in [0.1, 0.15) is 30.8 Å². The lowest BCUT2D eigenvalue weighted by Crippen LogP contribution is -2.18. The average Bonchev–Trinajstić information content (AvgIpc) is 2.90. The first-order chi connectivity index (χ1) is 11.1. The molecule has 0 spiro atoms. The quantitative estimate of drug-likeness (QED) is 0.780. The Bertz CT molecular complexity index is 729. The molecule has 23 heavy (non-hydrogen) atoms. The summed E-state index contributed by atoms with van der Waals surface area (Å²) in [5.74, 6) is -0.730. The monoisotopic (exact) mass is 334 g/mol. The molecule has 0 saturated carbocycles. The van der Waals surface area contributed by atoms with Crippen LogP contribution in [0.5, 0.6) is 0 Å². The normalized spacial score (nSPS) is 12.7. The largest absolute Gasteiger partial charge is 0.383 e. The first-order valence-electron chi connectivity index (χ1n) is 7.24. The number of nitrogens with zero attached hydrogens (tertiary/aromatic N) is 3. The summed E-state index contributed by atoms with van der Waals surface area (Å²) in [5.41, 5.74) is 6.88. The van der Waals surface area contributed by atoms with Crippen molar-refractivity contribution in [3.63, 3.8) is 0 Å². The molecule has 2 rings (SSSR count). The van der Waals surface area contributed by atoms with Crippen molar-refractivity contribution in [3.05, 3.63) is 47.7 Å². The van der Waals surface area contributed by atoms with E-state index in [-0.39, 0.29) is 24.6 Å². The molecule has 0 bridgehead atoms. The molecule has 1 atom stereocenters. The lowest BCUT2D eigenvalue weighted by molar-refractivity contribution is 0.207.